The van der Waals surface area contributed by atoms with Gasteiger partial charge in [0.25, 0.3) is 5.56 Å². The van der Waals surface area contributed by atoms with E-state index in [0.29, 0.717) is 22.6 Å². The summed E-state index contributed by atoms with van der Waals surface area (Å²) in [5, 5.41) is 7.78. The molecule has 89 heavy (non-hydrogen) atoms. The maximum atomic E-state index is 12.5. The van der Waals surface area contributed by atoms with Gasteiger partial charge in [0.1, 0.15) is 32.0 Å². The van der Waals surface area contributed by atoms with E-state index in [2.05, 4.69) is 137 Å². The molecule has 3 amide bonds. The van der Waals surface area contributed by atoms with Gasteiger partial charge < -0.3 is 23.3 Å². The van der Waals surface area contributed by atoms with Crippen molar-refractivity contribution in [1.29, 1.82) is 0 Å². The fourth-order valence-electron chi connectivity index (χ4n) is 11.8. The highest BCUT2D eigenvalue weighted by atomic mass is 16.6. The number of hydrogen-bond acceptors (Lipinski definition) is 14. The molecule has 21 heteroatoms. The summed E-state index contributed by atoms with van der Waals surface area (Å²) in [6, 6.07) is 49.0. The molecule has 0 saturated heterocycles. The molecule has 3 aliphatic rings. The van der Waals surface area contributed by atoms with Gasteiger partial charge in [-0.25, -0.2) is 39.1 Å². The fraction of sp³-hybridized carbons (Fsp3) is 0.221. The highest BCUT2D eigenvalue weighted by Gasteiger charge is 2.32. The lowest BCUT2D eigenvalue weighted by Gasteiger charge is -2.15. The van der Waals surface area contributed by atoms with Crippen LogP contribution < -0.4 is 27.2 Å². The van der Waals surface area contributed by atoms with E-state index in [1.807, 2.05) is 100.0 Å². The lowest BCUT2D eigenvalue weighted by molar-refractivity contribution is 0.157. The van der Waals surface area contributed by atoms with E-state index < -0.39 is 29.5 Å². The number of aromatic amines is 1. The zero-order valence-electron chi connectivity index (χ0n) is 49.7. The van der Waals surface area contributed by atoms with Crippen LogP contribution in [0.25, 0.3) is 55.7 Å². The molecular formula is C68H63N13O8. The van der Waals surface area contributed by atoms with Gasteiger partial charge in [0.2, 0.25) is 5.95 Å². The van der Waals surface area contributed by atoms with Crippen LogP contribution in [0.4, 0.5) is 32.0 Å². The third kappa shape index (κ3) is 11.8. The monoisotopic (exact) mass is 1190 g/mol. The van der Waals surface area contributed by atoms with E-state index in [4.69, 9.17) is 14.2 Å². The molecule has 2 unspecified atom stereocenters. The zero-order valence-corrected chi connectivity index (χ0v) is 49.7. The number of ether oxygens (including phenoxy) is 3. The molecule has 5 heterocycles. The summed E-state index contributed by atoms with van der Waals surface area (Å²) in [5.74, 6) is 0.495. The number of amides is 3. The fourth-order valence-corrected chi connectivity index (χ4v) is 11.8. The molecule has 3 aliphatic carbocycles. The molecule has 0 fully saturated rings. The third-order valence-electron chi connectivity index (χ3n) is 16.3. The molecule has 448 valence electrons. The summed E-state index contributed by atoms with van der Waals surface area (Å²) in [7, 11) is 1.83. The number of carbonyl (C=O) groups excluding carboxylic acids is 3. The van der Waals surface area contributed by atoms with Gasteiger partial charge in [-0.3, -0.25) is 30.3 Å². The Kier molecular flexibility index (Phi) is 16.4. The number of imidazole rings is 2. The van der Waals surface area contributed by atoms with Gasteiger partial charge in [0.05, 0.1) is 12.7 Å². The second-order valence-corrected chi connectivity index (χ2v) is 22.2. The Morgan fingerprint density at radius 2 is 1.02 bits per heavy atom. The van der Waals surface area contributed by atoms with E-state index in [1.165, 1.54) is 49.8 Å². The van der Waals surface area contributed by atoms with Crippen LogP contribution in [0, 0.1) is 6.92 Å². The number of carbonyl (C=O) groups is 3. The van der Waals surface area contributed by atoms with E-state index in [0.717, 1.165) is 39.8 Å². The number of nitrogens with one attached hydrogen (secondary N) is 4. The Morgan fingerprint density at radius 3 is 1.54 bits per heavy atom. The molecule has 14 rings (SSSR count). The minimum atomic E-state index is -0.677. The molecule has 4 N–H and O–H groups in total. The van der Waals surface area contributed by atoms with Crippen molar-refractivity contribution in [3.63, 3.8) is 0 Å². The van der Waals surface area contributed by atoms with Gasteiger partial charge in [0.15, 0.2) is 28.1 Å². The molecule has 5 aromatic heterocycles. The van der Waals surface area contributed by atoms with Gasteiger partial charge in [-0.05, 0) is 107 Å². The van der Waals surface area contributed by atoms with Crippen molar-refractivity contribution in [3.8, 4) is 33.4 Å². The summed E-state index contributed by atoms with van der Waals surface area (Å²) in [5.41, 5.74) is 16.2. The molecule has 0 saturated carbocycles. The normalized spacial score (nSPS) is 13.5. The van der Waals surface area contributed by atoms with Gasteiger partial charge in [-0.2, -0.15) is 9.97 Å². The SMILES string of the molecule is CC(C)n1ccc(NC(=O)OCC2c3ccccc3-c3ccccc32)nc1=O.CCC(C)n1cnc2c(=O)[nH]c(NC(=O)OCC3c4ccccc4-c4ccccc43)nc21.Cc1ccc2c(c1)C(COC(=O)Nc1ncnc3c1ncn3C)c1ccccc1-2. The number of anilines is 3. The maximum absolute atomic E-state index is 12.5. The van der Waals surface area contributed by atoms with E-state index in [1.54, 1.807) is 29.5 Å². The van der Waals surface area contributed by atoms with Gasteiger partial charge in [-0.1, -0.05) is 152 Å². The number of hydrogen-bond donors (Lipinski definition) is 4. The standard InChI is InChI=1S/C24H23N5O3.C22H19N5O2.C22H21N3O3/c1-3-14(2)29-13-25-20-21(29)26-23(27-22(20)30)28-24(31)32-12-19-17-10-6-4-8-15(17)16-9-5-7-11-18(16)19;1-13-7-8-16-14-5-3-4-6-15(14)18(17(16)9-13)10-29-22(28)26-20-19-21(24-11-23-20)27(2)12-25-19;1-14(2)25-12-11-20(23-21(25)26)24-22(27)28-13-19-17-9-5-3-7-15(17)16-8-4-6-10-18(16)19/h4-11,13-14,19H,3,12H2,1-2H3,(H2,26,27,28,30,31);3-9,11-12,18H,10H2,1-2H3,(H,23,24,26,28);3-12,14,19H,13H2,1-2H3,(H,23,24,26,27). The lowest BCUT2D eigenvalue weighted by Crippen LogP contribution is -2.26. The van der Waals surface area contributed by atoms with Crippen molar-refractivity contribution in [2.45, 2.75) is 70.9 Å². The Labute approximate surface area is 510 Å². The quantitative estimate of drug-likeness (QED) is 0.0830. The molecular weight excluding hydrogens is 1130 g/mol. The average Bonchev–Trinajstić information content (AvgIpc) is 2.91. The molecule has 2 atom stereocenters. The number of benzene rings is 6. The molecule has 0 spiro atoms. The van der Waals surface area contributed by atoms with Crippen LogP contribution in [0.15, 0.2) is 180 Å². The van der Waals surface area contributed by atoms with Crippen LogP contribution in [0.2, 0.25) is 0 Å². The first-order chi connectivity index (χ1) is 43.2. The van der Waals surface area contributed by atoms with Gasteiger partial charge >= 0.3 is 24.0 Å². The second-order valence-electron chi connectivity index (χ2n) is 22.2. The van der Waals surface area contributed by atoms with E-state index in [-0.39, 0.29) is 66.9 Å². The first-order valence-electron chi connectivity index (χ1n) is 29.3. The van der Waals surface area contributed by atoms with Gasteiger partial charge in [-0.15, -0.1) is 0 Å². The highest BCUT2D eigenvalue weighted by Crippen LogP contribution is 2.47. The Morgan fingerprint density at radius 1 is 0.539 bits per heavy atom. The Hall–Kier alpha value is -11.1. The number of rotatable bonds is 12. The lowest BCUT2D eigenvalue weighted by atomic mass is 9.97. The van der Waals surface area contributed by atoms with Crippen LogP contribution in [0.1, 0.15) is 103 Å². The Bertz CT molecular complexity index is 4540. The number of aryl methyl sites for hydroxylation is 2. The molecule has 0 bridgehead atoms. The summed E-state index contributed by atoms with van der Waals surface area (Å²) in [4.78, 5) is 89.1. The summed E-state index contributed by atoms with van der Waals surface area (Å²) in [6.45, 7) is 10.5. The summed E-state index contributed by atoms with van der Waals surface area (Å²) in [6.07, 6.45) is 5.22. The van der Waals surface area contributed by atoms with Crippen LogP contribution >= 0.6 is 0 Å². The second kappa shape index (κ2) is 25.1. The minimum Gasteiger partial charge on any atom is -0.448 e. The predicted octanol–water partition coefficient (Wildman–Crippen LogP) is 12.7. The van der Waals surface area contributed by atoms with Crippen LogP contribution in [0.3, 0.4) is 0 Å². The zero-order chi connectivity index (χ0) is 61.9. The average molecular weight is 1190 g/mol. The summed E-state index contributed by atoms with van der Waals surface area (Å²) >= 11 is 0. The first kappa shape index (κ1) is 58.3. The number of aromatic nitrogens is 10. The smallest absolute Gasteiger partial charge is 0.414 e. The topological polar surface area (TPSA) is 257 Å². The van der Waals surface area contributed by atoms with Crippen LogP contribution in [-0.2, 0) is 21.3 Å². The molecule has 11 aromatic rings. The van der Waals surface area contributed by atoms with Crippen molar-refractivity contribution in [2.75, 3.05) is 35.8 Å². The Balaban J connectivity index is 0.000000130. The third-order valence-corrected chi connectivity index (χ3v) is 16.3. The predicted molar refractivity (Wildman–Crippen MR) is 339 cm³/mol. The van der Waals surface area contributed by atoms with Gasteiger partial charge in [0, 0.05) is 43.1 Å². The van der Waals surface area contributed by atoms with Crippen LogP contribution in [-0.4, -0.2) is 86.7 Å². The molecule has 6 aromatic carbocycles. The van der Waals surface area contributed by atoms with Crippen molar-refractivity contribution in [3.05, 3.63) is 231 Å². The number of H-pyrrole nitrogens is 1. The van der Waals surface area contributed by atoms with Crippen LogP contribution in [0.5, 0.6) is 0 Å². The van der Waals surface area contributed by atoms with Crippen molar-refractivity contribution < 1.29 is 28.6 Å². The molecule has 0 radical (unpaired) electrons. The van der Waals surface area contributed by atoms with E-state index >= 15 is 0 Å². The number of fused-ring (bicyclic) bond motifs is 11. The van der Waals surface area contributed by atoms with Crippen molar-refractivity contribution in [2.24, 2.45) is 7.05 Å². The number of nitrogens with zero attached hydrogens (tertiary/aromatic N) is 9. The first-order valence-corrected chi connectivity index (χ1v) is 29.3. The summed E-state index contributed by atoms with van der Waals surface area (Å²) < 4.78 is 21.7. The molecule has 21 nitrogen and oxygen atoms in total. The van der Waals surface area contributed by atoms with E-state index in [9.17, 15) is 24.0 Å². The minimum absolute atomic E-state index is 0.00324. The van der Waals surface area contributed by atoms with Crippen molar-refractivity contribution in [1.82, 2.24) is 48.6 Å². The largest absolute Gasteiger partial charge is 0.448 e. The van der Waals surface area contributed by atoms with Crippen molar-refractivity contribution >= 4 is 58.2 Å². The molecule has 0 aliphatic heterocycles. The highest BCUT2D eigenvalue weighted by molar-refractivity contribution is 5.93. The maximum Gasteiger partial charge on any atom is 0.414 e.